The van der Waals surface area contributed by atoms with Gasteiger partial charge in [0.15, 0.2) is 0 Å². The molecular formula is C13H18N2O2. The van der Waals surface area contributed by atoms with Gasteiger partial charge in [-0.1, -0.05) is 13.8 Å². The van der Waals surface area contributed by atoms with Gasteiger partial charge in [-0.15, -0.1) is 0 Å². The summed E-state index contributed by atoms with van der Waals surface area (Å²) in [6.07, 6.45) is 0. The van der Waals surface area contributed by atoms with Crippen LogP contribution < -0.4 is 10.2 Å². The fourth-order valence-corrected chi connectivity index (χ4v) is 1.24. The van der Waals surface area contributed by atoms with Gasteiger partial charge in [0.2, 0.25) is 11.8 Å². The van der Waals surface area contributed by atoms with Gasteiger partial charge in [-0.05, 0) is 24.3 Å². The van der Waals surface area contributed by atoms with Crippen LogP contribution in [0.15, 0.2) is 24.3 Å². The predicted octanol–water partition coefficient (Wildman–Crippen LogP) is 2.26. The average Bonchev–Trinajstić information content (AvgIpc) is 2.28. The third kappa shape index (κ3) is 3.59. The Morgan fingerprint density at radius 3 is 2.12 bits per heavy atom. The molecule has 17 heavy (non-hydrogen) atoms. The molecule has 1 aromatic carbocycles. The highest BCUT2D eigenvalue weighted by atomic mass is 16.2. The van der Waals surface area contributed by atoms with E-state index in [0.717, 1.165) is 11.4 Å². The van der Waals surface area contributed by atoms with Crippen molar-refractivity contribution >= 4 is 23.2 Å². The van der Waals surface area contributed by atoms with E-state index in [1.54, 1.807) is 36.2 Å². The second kappa shape index (κ2) is 5.48. The summed E-state index contributed by atoms with van der Waals surface area (Å²) in [5, 5.41) is 2.79. The molecule has 0 spiro atoms. The number of carbonyl (C=O) groups is 2. The van der Waals surface area contributed by atoms with Crippen molar-refractivity contribution in [2.24, 2.45) is 5.92 Å². The van der Waals surface area contributed by atoms with Gasteiger partial charge in [0.1, 0.15) is 0 Å². The number of anilines is 2. The second-order valence-corrected chi connectivity index (χ2v) is 4.27. The standard InChI is InChI=1S/C13H18N2O2/c1-9(2)13(17)14-11-5-7-12(8-6-11)15(4)10(3)16/h5-9H,1-4H3,(H,14,17). The molecule has 0 saturated carbocycles. The Kier molecular flexibility index (Phi) is 4.26. The summed E-state index contributed by atoms with van der Waals surface area (Å²) < 4.78 is 0. The van der Waals surface area contributed by atoms with Gasteiger partial charge in [-0.2, -0.15) is 0 Å². The van der Waals surface area contributed by atoms with Crippen molar-refractivity contribution in [2.75, 3.05) is 17.3 Å². The quantitative estimate of drug-likeness (QED) is 0.872. The molecule has 0 atom stereocenters. The summed E-state index contributed by atoms with van der Waals surface area (Å²) in [6, 6.07) is 7.18. The van der Waals surface area contributed by atoms with Crippen LogP contribution in [-0.2, 0) is 9.59 Å². The lowest BCUT2D eigenvalue weighted by Crippen LogP contribution is -2.22. The van der Waals surface area contributed by atoms with E-state index in [9.17, 15) is 9.59 Å². The monoisotopic (exact) mass is 234 g/mol. The summed E-state index contributed by atoms with van der Waals surface area (Å²) in [4.78, 5) is 24.2. The molecule has 4 heteroatoms. The van der Waals surface area contributed by atoms with E-state index in [4.69, 9.17) is 0 Å². The van der Waals surface area contributed by atoms with Crippen LogP contribution in [-0.4, -0.2) is 18.9 Å². The molecular weight excluding hydrogens is 216 g/mol. The molecule has 0 bridgehead atoms. The molecule has 1 N–H and O–H groups in total. The summed E-state index contributed by atoms with van der Waals surface area (Å²) in [7, 11) is 1.71. The van der Waals surface area contributed by atoms with Crippen LogP contribution in [0.2, 0.25) is 0 Å². The van der Waals surface area contributed by atoms with E-state index >= 15 is 0 Å². The van der Waals surface area contributed by atoms with Crippen molar-refractivity contribution in [3.8, 4) is 0 Å². The van der Waals surface area contributed by atoms with Crippen molar-refractivity contribution in [2.45, 2.75) is 20.8 Å². The lowest BCUT2D eigenvalue weighted by Gasteiger charge is -2.15. The number of rotatable bonds is 3. The second-order valence-electron chi connectivity index (χ2n) is 4.27. The summed E-state index contributed by atoms with van der Waals surface area (Å²) in [5.41, 5.74) is 1.55. The minimum Gasteiger partial charge on any atom is -0.326 e. The normalized spacial score (nSPS) is 10.2. The smallest absolute Gasteiger partial charge is 0.226 e. The first-order valence-electron chi connectivity index (χ1n) is 5.57. The first kappa shape index (κ1) is 13.2. The molecule has 92 valence electrons. The summed E-state index contributed by atoms with van der Waals surface area (Å²) >= 11 is 0. The van der Waals surface area contributed by atoms with Crippen molar-refractivity contribution in [1.82, 2.24) is 0 Å². The van der Waals surface area contributed by atoms with Crippen molar-refractivity contribution in [3.63, 3.8) is 0 Å². The van der Waals surface area contributed by atoms with Gasteiger partial charge in [-0.3, -0.25) is 9.59 Å². The van der Waals surface area contributed by atoms with Gasteiger partial charge in [0, 0.05) is 31.3 Å². The zero-order chi connectivity index (χ0) is 13.0. The lowest BCUT2D eigenvalue weighted by atomic mass is 10.2. The molecule has 1 aromatic rings. The SMILES string of the molecule is CC(=O)N(C)c1ccc(NC(=O)C(C)C)cc1. The maximum Gasteiger partial charge on any atom is 0.226 e. The molecule has 0 radical (unpaired) electrons. The van der Waals surface area contributed by atoms with E-state index in [2.05, 4.69) is 5.32 Å². The fraction of sp³-hybridized carbons (Fsp3) is 0.385. The number of hydrogen-bond donors (Lipinski definition) is 1. The number of amides is 2. The van der Waals surface area contributed by atoms with Crippen molar-refractivity contribution in [1.29, 1.82) is 0 Å². The maximum atomic E-state index is 11.5. The number of hydrogen-bond acceptors (Lipinski definition) is 2. The van der Waals surface area contributed by atoms with Gasteiger partial charge in [0.25, 0.3) is 0 Å². The minimum absolute atomic E-state index is 0.0160. The Morgan fingerprint density at radius 1 is 1.18 bits per heavy atom. The summed E-state index contributed by atoms with van der Waals surface area (Å²) in [6.45, 7) is 5.19. The molecule has 0 saturated heterocycles. The minimum atomic E-state index is -0.0467. The zero-order valence-corrected chi connectivity index (χ0v) is 10.7. The Bertz CT molecular complexity index is 410. The van der Waals surface area contributed by atoms with Gasteiger partial charge in [-0.25, -0.2) is 0 Å². The van der Waals surface area contributed by atoms with E-state index in [-0.39, 0.29) is 17.7 Å². The van der Waals surface area contributed by atoms with Gasteiger partial charge >= 0.3 is 0 Å². The number of nitrogens with zero attached hydrogens (tertiary/aromatic N) is 1. The largest absolute Gasteiger partial charge is 0.326 e. The summed E-state index contributed by atoms with van der Waals surface area (Å²) in [5.74, 6) is -0.0868. The van der Waals surface area contributed by atoms with E-state index in [1.807, 2.05) is 13.8 Å². The van der Waals surface area contributed by atoms with Crippen LogP contribution in [0.4, 0.5) is 11.4 Å². The molecule has 0 fully saturated rings. The van der Waals surface area contributed by atoms with Crippen LogP contribution in [0, 0.1) is 5.92 Å². The van der Waals surface area contributed by atoms with E-state index in [0.29, 0.717) is 0 Å². The molecule has 0 aliphatic heterocycles. The Morgan fingerprint density at radius 2 is 1.71 bits per heavy atom. The van der Waals surface area contributed by atoms with E-state index < -0.39 is 0 Å². The number of nitrogens with one attached hydrogen (secondary N) is 1. The Hall–Kier alpha value is -1.84. The van der Waals surface area contributed by atoms with Crippen LogP contribution in [0.25, 0.3) is 0 Å². The van der Waals surface area contributed by atoms with Gasteiger partial charge < -0.3 is 10.2 Å². The first-order valence-corrected chi connectivity index (χ1v) is 5.57. The topological polar surface area (TPSA) is 49.4 Å². The Balaban J connectivity index is 2.75. The van der Waals surface area contributed by atoms with Crippen LogP contribution >= 0.6 is 0 Å². The third-order valence-corrected chi connectivity index (χ3v) is 2.52. The molecule has 2 amide bonds. The molecule has 0 aliphatic rings. The molecule has 1 rings (SSSR count). The Labute approximate surface area is 102 Å². The number of benzene rings is 1. The molecule has 4 nitrogen and oxygen atoms in total. The highest BCUT2D eigenvalue weighted by Crippen LogP contribution is 2.17. The third-order valence-electron chi connectivity index (χ3n) is 2.52. The fourth-order valence-electron chi connectivity index (χ4n) is 1.24. The van der Waals surface area contributed by atoms with Crippen LogP contribution in [0.1, 0.15) is 20.8 Å². The lowest BCUT2D eigenvalue weighted by molar-refractivity contribution is -0.119. The highest BCUT2D eigenvalue weighted by Gasteiger charge is 2.08. The molecule has 0 aromatic heterocycles. The van der Waals surface area contributed by atoms with Crippen molar-refractivity contribution in [3.05, 3.63) is 24.3 Å². The van der Waals surface area contributed by atoms with Crippen LogP contribution in [0.5, 0.6) is 0 Å². The number of carbonyl (C=O) groups excluding carboxylic acids is 2. The molecule has 0 heterocycles. The maximum absolute atomic E-state index is 11.5. The van der Waals surface area contributed by atoms with Crippen molar-refractivity contribution < 1.29 is 9.59 Å². The van der Waals surface area contributed by atoms with E-state index in [1.165, 1.54) is 6.92 Å². The zero-order valence-electron chi connectivity index (χ0n) is 10.7. The predicted molar refractivity (Wildman–Crippen MR) is 69.0 cm³/mol. The average molecular weight is 234 g/mol. The highest BCUT2D eigenvalue weighted by molar-refractivity contribution is 5.93. The van der Waals surface area contributed by atoms with Crippen LogP contribution in [0.3, 0.4) is 0 Å². The molecule has 0 aliphatic carbocycles. The van der Waals surface area contributed by atoms with Gasteiger partial charge in [0.05, 0.1) is 0 Å². The molecule has 0 unspecified atom stereocenters. The first-order chi connectivity index (χ1) is 7.91.